The molecule has 3 rings (SSSR count). The summed E-state index contributed by atoms with van der Waals surface area (Å²) in [5, 5.41) is 0. The predicted molar refractivity (Wildman–Crippen MR) is 53.4 cm³/mol. The van der Waals surface area contributed by atoms with Crippen LogP contribution in [0.2, 0.25) is 0 Å². The van der Waals surface area contributed by atoms with Crippen molar-refractivity contribution in [2.45, 2.75) is 38.1 Å². The highest BCUT2D eigenvalue weighted by Crippen LogP contribution is 2.52. The van der Waals surface area contributed by atoms with Crippen LogP contribution in [0.15, 0.2) is 0 Å². The maximum Gasteiger partial charge on any atom is 0.00450 e. The van der Waals surface area contributed by atoms with Gasteiger partial charge in [0.05, 0.1) is 0 Å². The molecule has 2 saturated carbocycles. The Morgan fingerprint density at radius 1 is 1.23 bits per heavy atom. The Morgan fingerprint density at radius 2 is 2.00 bits per heavy atom. The lowest BCUT2D eigenvalue weighted by molar-refractivity contribution is 0.177. The van der Waals surface area contributed by atoms with Gasteiger partial charge >= 0.3 is 0 Å². The zero-order chi connectivity index (χ0) is 8.89. The molecule has 0 unspecified atom stereocenters. The number of hydrogen-bond acceptors (Lipinski definition) is 2. The number of nitrogens with two attached hydrogens (primary N) is 1. The van der Waals surface area contributed by atoms with E-state index < -0.39 is 0 Å². The molecule has 3 fully saturated rings. The molecule has 0 amide bonds. The van der Waals surface area contributed by atoms with Crippen molar-refractivity contribution in [1.82, 2.24) is 4.90 Å². The molecule has 3 aliphatic rings. The topological polar surface area (TPSA) is 29.3 Å². The van der Waals surface area contributed by atoms with E-state index in [9.17, 15) is 0 Å². The number of likely N-dealkylation sites (tertiary alicyclic amines) is 1. The lowest BCUT2D eigenvalue weighted by atomic mass is 9.80. The summed E-state index contributed by atoms with van der Waals surface area (Å²) in [5.74, 6) is 0.934. The maximum atomic E-state index is 5.79. The predicted octanol–water partition coefficient (Wildman–Crippen LogP) is 1.21. The number of rotatable bonds is 2. The zero-order valence-electron chi connectivity index (χ0n) is 8.34. The van der Waals surface area contributed by atoms with E-state index in [0.29, 0.717) is 6.04 Å². The molecular weight excluding hydrogens is 160 g/mol. The third-order valence-corrected chi connectivity index (χ3v) is 4.26. The summed E-state index contributed by atoms with van der Waals surface area (Å²) in [4.78, 5) is 2.68. The normalized spacial score (nSPS) is 42.2. The van der Waals surface area contributed by atoms with Crippen molar-refractivity contribution in [1.29, 1.82) is 0 Å². The summed E-state index contributed by atoms with van der Waals surface area (Å²) in [5.41, 5.74) is 6.60. The van der Waals surface area contributed by atoms with E-state index in [1.165, 1.54) is 51.7 Å². The van der Waals surface area contributed by atoms with Crippen LogP contribution in [-0.2, 0) is 0 Å². The van der Waals surface area contributed by atoms with E-state index in [2.05, 4.69) is 4.90 Å². The highest BCUT2D eigenvalue weighted by Gasteiger charge is 2.47. The van der Waals surface area contributed by atoms with Gasteiger partial charge in [-0.15, -0.1) is 0 Å². The minimum absolute atomic E-state index is 0.530. The molecule has 0 atom stereocenters. The molecule has 1 aliphatic heterocycles. The molecule has 2 N–H and O–H groups in total. The molecule has 0 radical (unpaired) electrons. The molecule has 13 heavy (non-hydrogen) atoms. The first-order valence-electron chi connectivity index (χ1n) is 5.74. The fraction of sp³-hybridized carbons (Fsp3) is 1.00. The van der Waals surface area contributed by atoms with E-state index in [1.54, 1.807) is 0 Å². The van der Waals surface area contributed by atoms with Crippen molar-refractivity contribution >= 4 is 0 Å². The Labute approximate surface area is 80.5 Å². The zero-order valence-corrected chi connectivity index (χ0v) is 8.34. The van der Waals surface area contributed by atoms with Gasteiger partial charge in [-0.2, -0.15) is 0 Å². The summed E-state index contributed by atoms with van der Waals surface area (Å²) in [6, 6.07) is 0.530. The summed E-state index contributed by atoms with van der Waals surface area (Å²) >= 11 is 0. The largest absolute Gasteiger partial charge is 0.328 e. The standard InChI is InChI=1S/C11H20N2/c12-10-5-9(6-10)7-13-4-3-11(8-13)1-2-11/h9-10H,1-8,12H2. The summed E-state index contributed by atoms with van der Waals surface area (Å²) < 4.78 is 0. The van der Waals surface area contributed by atoms with Gasteiger partial charge in [-0.25, -0.2) is 0 Å². The van der Waals surface area contributed by atoms with E-state index >= 15 is 0 Å². The van der Waals surface area contributed by atoms with Gasteiger partial charge in [-0.3, -0.25) is 0 Å². The van der Waals surface area contributed by atoms with E-state index in [-0.39, 0.29) is 0 Å². The Kier molecular flexibility index (Phi) is 1.72. The quantitative estimate of drug-likeness (QED) is 0.692. The van der Waals surface area contributed by atoms with Gasteiger partial charge in [-0.05, 0) is 50.0 Å². The fourth-order valence-electron chi connectivity index (χ4n) is 3.07. The van der Waals surface area contributed by atoms with Gasteiger partial charge in [0.1, 0.15) is 0 Å². The van der Waals surface area contributed by atoms with Crippen LogP contribution in [0.4, 0.5) is 0 Å². The summed E-state index contributed by atoms with van der Waals surface area (Å²) in [6.07, 6.45) is 7.06. The van der Waals surface area contributed by atoms with Gasteiger partial charge in [0.15, 0.2) is 0 Å². The Bertz CT molecular complexity index is 204. The molecule has 2 aliphatic carbocycles. The Hall–Kier alpha value is -0.0800. The van der Waals surface area contributed by atoms with Crippen LogP contribution in [0.1, 0.15) is 32.1 Å². The van der Waals surface area contributed by atoms with Crippen LogP contribution >= 0.6 is 0 Å². The molecule has 2 nitrogen and oxygen atoms in total. The van der Waals surface area contributed by atoms with Gasteiger partial charge in [0.2, 0.25) is 0 Å². The van der Waals surface area contributed by atoms with Crippen molar-refractivity contribution in [2.24, 2.45) is 17.1 Å². The van der Waals surface area contributed by atoms with Crippen molar-refractivity contribution in [3.63, 3.8) is 0 Å². The lowest BCUT2D eigenvalue weighted by Crippen LogP contribution is -2.42. The van der Waals surface area contributed by atoms with Crippen molar-refractivity contribution in [3.05, 3.63) is 0 Å². The Balaban J connectivity index is 1.46. The van der Waals surface area contributed by atoms with E-state index in [4.69, 9.17) is 5.73 Å². The van der Waals surface area contributed by atoms with Gasteiger partial charge < -0.3 is 10.6 Å². The first-order valence-corrected chi connectivity index (χ1v) is 5.74. The van der Waals surface area contributed by atoms with Crippen molar-refractivity contribution < 1.29 is 0 Å². The van der Waals surface area contributed by atoms with Gasteiger partial charge in [0, 0.05) is 19.1 Å². The number of hydrogen-bond donors (Lipinski definition) is 1. The molecule has 2 heteroatoms. The second-order valence-corrected chi connectivity index (χ2v) is 5.58. The molecule has 74 valence electrons. The fourth-order valence-corrected chi connectivity index (χ4v) is 3.07. The van der Waals surface area contributed by atoms with Crippen LogP contribution in [0.25, 0.3) is 0 Å². The van der Waals surface area contributed by atoms with Crippen molar-refractivity contribution in [3.8, 4) is 0 Å². The smallest absolute Gasteiger partial charge is 0.00450 e. The van der Waals surface area contributed by atoms with Crippen LogP contribution in [0, 0.1) is 11.3 Å². The molecule has 0 bridgehead atoms. The van der Waals surface area contributed by atoms with E-state index in [1.807, 2.05) is 0 Å². The highest BCUT2D eigenvalue weighted by molar-refractivity contribution is 5.01. The minimum atomic E-state index is 0.530. The first kappa shape index (κ1) is 8.25. The molecule has 0 aromatic heterocycles. The average Bonchev–Trinajstić information content (AvgIpc) is 2.65. The average molecular weight is 180 g/mol. The highest BCUT2D eigenvalue weighted by atomic mass is 15.2. The SMILES string of the molecule is NC1CC(CN2CCC3(CC3)C2)C1. The van der Waals surface area contributed by atoms with Crippen LogP contribution in [0.3, 0.4) is 0 Å². The number of nitrogens with zero attached hydrogens (tertiary/aromatic N) is 1. The van der Waals surface area contributed by atoms with E-state index in [0.717, 1.165) is 11.3 Å². The van der Waals surface area contributed by atoms with Crippen molar-refractivity contribution in [2.75, 3.05) is 19.6 Å². The van der Waals surface area contributed by atoms with Crippen LogP contribution in [-0.4, -0.2) is 30.6 Å². The molecular formula is C11H20N2. The maximum absolute atomic E-state index is 5.79. The molecule has 0 aromatic carbocycles. The van der Waals surface area contributed by atoms with Gasteiger partial charge in [0.25, 0.3) is 0 Å². The lowest BCUT2D eigenvalue weighted by Gasteiger charge is -2.35. The summed E-state index contributed by atoms with van der Waals surface area (Å²) in [7, 11) is 0. The minimum Gasteiger partial charge on any atom is -0.328 e. The molecule has 1 heterocycles. The van der Waals surface area contributed by atoms with Crippen LogP contribution in [0.5, 0.6) is 0 Å². The second-order valence-electron chi connectivity index (χ2n) is 5.58. The molecule has 1 spiro atoms. The molecule has 1 saturated heterocycles. The third kappa shape index (κ3) is 1.50. The monoisotopic (exact) mass is 180 g/mol. The molecule has 0 aromatic rings. The summed E-state index contributed by atoms with van der Waals surface area (Å²) in [6.45, 7) is 4.11. The second kappa shape index (κ2) is 2.71. The Morgan fingerprint density at radius 3 is 2.54 bits per heavy atom. The van der Waals surface area contributed by atoms with Gasteiger partial charge in [-0.1, -0.05) is 0 Å². The first-order chi connectivity index (χ1) is 6.26. The third-order valence-electron chi connectivity index (χ3n) is 4.26. The van der Waals surface area contributed by atoms with Crippen LogP contribution < -0.4 is 5.73 Å².